The molecule has 2 atom stereocenters. The minimum Gasteiger partial charge on any atom is -0.326 e. The molecule has 2 N–H and O–H groups in total. The molecule has 4 heteroatoms. The minimum absolute atomic E-state index is 0.0534. The van der Waals surface area contributed by atoms with Gasteiger partial charge in [-0.3, -0.25) is 4.90 Å². The molecule has 0 aliphatic rings. The van der Waals surface area contributed by atoms with Gasteiger partial charge in [-0.05, 0) is 45.3 Å². The van der Waals surface area contributed by atoms with E-state index in [1.54, 1.807) is 0 Å². The molecule has 19 heavy (non-hydrogen) atoms. The zero-order chi connectivity index (χ0) is 14.4. The number of benzene rings is 1. The van der Waals surface area contributed by atoms with Gasteiger partial charge >= 0.3 is 0 Å². The molecule has 3 nitrogen and oxygen atoms in total. The van der Waals surface area contributed by atoms with E-state index >= 15 is 0 Å². The molecule has 2 unspecified atom stereocenters. The third-order valence-electron chi connectivity index (χ3n) is 3.46. The third kappa shape index (κ3) is 4.90. The van der Waals surface area contributed by atoms with Gasteiger partial charge in [0.25, 0.3) is 0 Å². The largest absolute Gasteiger partial charge is 0.326 e. The van der Waals surface area contributed by atoms with Crippen LogP contribution in [0.4, 0.5) is 4.39 Å². The molecule has 0 aliphatic heterocycles. The fraction of sp³-hybridized carbons (Fsp3) is 0.600. The lowest BCUT2D eigenvalue weighted by atomic mass is 9.96. The molecule has 0 fully saturated rings. The zero-order valence-corrected chi connectivity index (χ0v) is 12.4. The van der Waals surface area contributed by atoms with E-state index in [2.05, 4.69) is 37.9 Å². The van der Waals surface area contributed by atoms with Gasteiger partial charge in [-0.1, -0.05) is 19.1 Å². The standard InChI is InChI=1S/C15H26FN3/c1-5-14(17)15(19(4)11-10-18(2)3)12-6-8-13(16)9-7-12/h6-9,14-15H,5,10-11,17H2,1-4H3. The Labute approximate surface area is 116 Å². The fourth-order valence-corrected chi connectivity index (χ4v) is 2.21. The average molecular weight is 267 g/mol. The Hall–Kier alpha value is -0.970. The smallest absolute Gasteiger partial charge is 0.123 e. The van der Waals surface area contributed by atoms with E-state index in [1.807, 2.05) is 12.1 Å². The molecule has 108 valence electrons. The molecule has 0 saturated carbocycles. The number of hydrogen-bond donors (Lipinski definition) is 1. The van der Waals surface area contributed by atoms with Crippen LogP contribution < -0.4 is 5.73 Å². The van der Waals surface area contributed by atoms with Crippen LogP contribution in [-0.2, 0) is 0 Å². The SMILES string of the molecule is CCC(N)C(c1ccc(F)cc1)N(C)CCN(C)C. The van der Waals surface area contributed by atoms with Crippen LogP contribution in [-0.4, -0.2) is 50.1 Å². The van der Waals surface area contributed by atoms with E-state index in [0.29, 0.717) is 0 Å². The van der Waals surface area contributed by atoms with Crippen molar-refractivity contribution in [1.29, 1.82) is 0 Å². The molecular formula is C15H26FN3. The highest BCUT2D eigenvalue weighted by Crippen LogP contribution is 2.24. The number of halogens is 1. The summed E-state index contributed by atoms with van der Waals surface area (Å²) in [5, 5.41) is 0. The van der Waals surface area contributed by atoms with Gasteiger partial charge in [0.15, 0.2) is 0 Å². The van der Waals surface area contributed by atoms with Crippen LogP contribution >= 0.6 is 0 Å². The first-order valence-corrected chi connectivity index (χ1v) is 6.81. The molecule has 1 aromatic carbocycles. The van der Waals surface area contributed by atoms with Crippen molar-refractivity contribution in [2.24, 2.45) is 5.73 Å². The van der Waals surface area contributed by atoms with E-state index in [9.17, 15) is 4.39 Å². The van der Waals surface area contributed by atoms with Crippen molar-refractivity contribution in [3.05, 3.63) is 35.6 Å². The van der Waals surface area contributed by atoms with Crippen LogP contribution in [0.5, 0.6) is 0 Å². The van der Waals surface area contributed by atoms with Crippen LogP contribution in [0.25, 0.3) is 0 Å². The van der Waals surface area contributed by atoms with E-state index in [0.717, 1.165) is 25.1 Å². The van der Waals surface area contributed by atoms with E-state index in [4.69, 9.17) is 5.73 Å². The Balaban J connectivity index is 2.85. The van der Waals surface area contributed by atoms with Crippen molar-refractivity contribution in [1.82, 2.24) is 9.80 Å². The Morgan fingerprint density at radius 3 is 2.16 bits per heavy atom. The Bertz CT molecular complexity index is 364. The van der Waals surface area contributed by atoms with Gasteiger partial charge in [-0.2, -0.15) is 0 Å². The molecule has 0 saturated heterocycles. The molecule has 1 rings (SSSR count). The highest BCUT2D eigenvalue weighted by atomic mass is 19.1. The third-order valence-corrected chi connectivity index (χ3v) is 3.46. The molecule has 0 bridgehead atoms. The van der Waals surface area contributed by atoms with Crippen molar-refractivity contribution >= 4 is 0 Å². The first-order chi connectivity index (χ1) is 8.95. The van der Waals surface area contributed by atoms with Crippen LogP contribution in [0, 0.1) is 5.82 Å². The molecule has 0 radical (unpaired) electrons. The Kier molecular flexibility index (Phi) is 6.42. The number of hydrogen-bond acceptors (Lipinski definition) is 3. The maximum Gasteiger partial charge on any atom is 0.123 e. The monoisotopic (exact) mass is 267 g/mol. The lowest BCUT2D eigenvalue weighted by Gasteiger charge is -2.33. The van der Waals surface area contributed by atoms with Gasteiger partial charge in [0.1, 0.15) is 5.82 Å². The zero-order valence-electron chi connectivity index (χ0n) is 12.4. The first kappa shape index (κ1) is 16.1. The summed E-state index contributed by atoms with van der Waals surface area (Å²) in [6, 6.07) is 6.86. The molecule has 0 amide bonds. The van der Waals surface area contributed by atoms with Crippen molar-refractivity contribution < 1.29 is 4.39 Å². The summed E-state index contributed by atoms with van der Waals surface area (Å²) in [5.41, 5.74) is 7.33. The highest BCUT2D eigenvalue weighted by Gasteiger charge is 2.22. The summed E-state index contributed by atoms with van der Waals surface area (Å²) < 4.78 is 13.0. The molecule has 1 aromatic rings. The summed E-state index contributed by atoms with van der Waals surface area (Å²) in [6.45, 7) is 3.99. The second-order valence-corrected chi connectivity index (χ2v) is 5.35. The van der Waals surface area contributed by atoms with Gasteiger partial charge < -0.3 is 10.6 Å². The molecular weight excluding hydrogens is 241 g/mol. The fourth-order valence-electron chi connectivity index (χ4n) is 2.21. The Morgan fingerprint density at radius 2 is 1.68 bits per heavy atom. The molecule has 0 heterocycles. The lowest BCUT2D eigenvalue weighted by molar-refractivity contribution is 0.191. The van der Waals surface area contributed by atoms with Crippen LogP contribution in [0.1, 0.15) is 24.9 Å². The van der Waals surface area contributed by atoms with E-state index in [-0.39, 0.29) is 17.9 Å². The summed E-state index contributed by atoms with van der Waals surface area (Å²) in [5.74, 6) is -0.205. The quantitative estimate of drug-likeness (QED) is 0.821. The maximum absolute atomic E-state index is 13.0. The summed E-state index contributed by atoms with van der Waals surface area (Å²) in [4.78, 5) is 4.40. The van der Waals surface area contributed by atoms with Gasteiger partial charge in [-0.15, -0.1) is 0 Å². The molecule has 0 spiro atoms. The summed E-state index contributed by atoms with van der Waals surface area (Å²) in [6.07, 6.45) is 0.897. The summed E-state index contributed by atoms with van der Waals surface area (Å²) >= 11 is 0. The predicted octanol–water partition coefficient (Wildman–Crippen LogP) is 2.10. The first-order valence-electron chi connectivity index (χ1n) is 6.81. The molecule has 0 aliphatic carbocycles. The van der Waals surface area contributed by atoms with Crippen LogP contribution in [0.15, 0.2) is 24.3 Å². The van der Waals surface area contributed by atoms with Crippen LogP contribution in [0.2, 0.25) is 0 Å². The predicted molar refractivity (Wildman–Crippen MR) is 78.6 cm³/mol. The second kappa shape index (κ2) is 7.58. The maximum atomic E-state index is 13.0. The normalized spacial score (nSPS) is 14.9. The second-order valence-electron chi connectivity index (χ2n) is 5.35. The van der Waals surface area contributed by atoms with Gasteiger partial charge in [0.05, 0.1) is 0 Å². The number of likely N-dealkylation sites (N-methyl/N-ethyl adjacent to an activating group) is 2. The lowest BCUT2D eigenvalue weighted by Crippen LogP contribution is -2.41. The number of nitrogens with two attached hydrogens (primary N) is 1. The van der Waals surface area contributed by atoms with Crippen molar-refractivity contribution in [3.8, 4) is 0 Å². The number of nitrogens with zero attached hydrogens (tertiary/aromatic N) is 2. The van der Waals surface area contributed by atoms with Gasteiger partial charge in [-0.25, -0.2) is 4.39 Å². The van der Waals surface area contributed by atoms with Crippen molar-refractivity contribution in [2.45, 2.75) is 25.4 Å². The topological polar surface area (TPSA) is 32.5 Å². The van der Waals surface area contributed by atoms with Gasteiger partial charge in [0.2, 0.25) is 0 Å². The summed E-state index contributed by atoms with van der Waals surface area (Å²) in [7, 11) is 6.19. The van der Waals surface area contributed by atoms with E-state index < -0.39 is 0 Å². The minimum atomic E-state index is -0.205. The van der Waals surface area contributed by atoms with Crippen molar-refractivity contribution in [3.63, 3.8) is 0 Å². The van der Waals surface area contributed by atoms with Crippen LogP contribution in [0.3, 0.4) is 0 Å². The van der Waals surface area contributed by atoms with Gasteiger partial charge in [0, 0.05) is 25.2 Å². The number of rotatable bonds is 7. The molecule has 0 aromatic heterocycles. The average Bonchev–Trinajstić information content (AvgIpc) is 2.38. The van der Waals surface area contributed by atoms with Crippen molar-refractivity contribution in [2.75, 3.05) is 34.2 Å². The highest BCUT2D eigenvalue weighted by molar-refractivity contribution is 5.21. The Morgan fingerprint density at radius 1 is 1.11 bits per heavy atom. The van der Waals surface area contributed by atoms with E-state index in [1.165, 1.54) is 12.1 Å².